The number of nitrogens with zero attached hydrogens (tertiary/aromatic N) is 3. The third-order valence-corrected chi connectivity index (χ3v) is 3.54. The van der Waals surface area contributed by atoms with Crippen LogP contribution in [-0.2, 0) is 13.0 Å². The van der Waals surface area contributed by atoms with Crippen LogP contribution < -0.4 is 5.32 Å². The van der Waals surface area contributed by atoms with Gasteiger partial charge >= 0.3 is 0 Å². The fourth-order valence-corrected chi connectivity index (χ4v) is 2.08. The number of hydrogen-bond acceptors (Lipinski definition) is 4. The largest absolute Gasteiger partial charge is 0.390 e. The lowest BCUT2D eigenvalue weighted by Crippen LogP contribution is -2.26. The van der Waals surface area contributed by atoms with E-state index in [0.29, 0.717) is 5.69 Å². The molecule has 1 saturated carbocycles. The second-order valence-corrected chi connectivity index (χ2v) is 5.21. The van der Waals surface area contributed by atoms with E-state index in [0.717, 1.165) is 24.9 Å². The fourth-order valence-electron chi connectivity index (χ4n) is 2.08. The number of carbonyl (C=O) groups excluding carboxylic acids is 1. The monoisotopic (exact) mass is 286 g/mol. The van der Waals surface area contributed by atoms with Crippen molar-refractivity contribution < 1.29 is 9.90 Å². The molecule has 1 aliphatic rings. The van der Waals surface area contributed by atoms with Crippen LogP contribution in [0.4, 0.5) is 0 Å². The number of rotatable bonds is 5. The van der Waals surface area contributed by atoms with Gasteiger partial charge in [0.1, 0.15) is 5.69 Å². The van der Waals surface area contributed by atoms with Crippen LogP contribution in [0.15, 0.2) is 24.3 Å². The number of aromatic nitrogens is 3. The number of carbonyl (C=O) groups is 1. The molecule has 1 heterocycles. The van der Waals surface area contributed by atoms with E-state index in [4.69, 9.17) is 0 Å². The predicted molar refractivity (Wildman–Crippen MR) is 77.1 cm³/mol. The predicted octanol–water partition coefficient (Wildman–Crippen LogP) is 1.21. The normalized spacial score (nSPS) is 14.2. The zero-order chi connectivity index (χ0) is 14.8. The summed E-state index contributed by atoms with van der Waals surface area (Å²) in [6, 6.07) is 8.06. The minimum Gasteiger partial charge on any atom is -0.390 e. The summed E-state index contributed by atoms with van der Waals surface area (Å²) in [5, 5.41) is 20.6. The van der Waals surface area contributed by atoms with E-state index in [2.05, 4.69) is 22.4 Å². The Morgan fingerprint density at radius 1 is 1.33 bits per heavy atom. The van der Waals surface area contributed by atoms with Gasteiger partial charge in [-0.3, -0.25) is 4.79 Å². The summed E-state index contributed by atoms with van der Waals surface area (Å²) < 4.78 is 0. The Bertz CT molecular complexity index is 644. The molecular weight excluding hydrogens is 268 g/mol. The summed E-state index contributed by atoms with van der Waals surface area (Å²) in [5.74, 6) is -0.266. The third-order valence-electron chi connectivity index (χ3n) is 3.54. The lowest BCUT2D eigenvalue weighted by molar-refractivity contribution is 0.0942. The Balaban J connectivity index is 1.88. The third kappa shape index (κ3) is 2.95. The highest BCUT2D eigenvalue weighted by molar-refractivity contribution is 5.93. The molecule has 0 spiro atoms. The van der Waals surface area contributed by atoms with Crippen LogP contribution in [0.5, 0.6) is 0 Å². The van der Waals surface area contributed by atoms with E-state index in [1.54, 1.807) is 0 Å². The molecule has 2 N–H and O–H groups in total. The highest BCUT2D eigenvalue weighted by atomic mass is 16.3. The SMILES string of the molecule is CCc1ccc(-n2nc(CO)c(C(=O)NC3CC3)n2)cc1. The second-order valence-electron chi connectivity index (χ2n) is 5.21. The minimum atomic E-state index is -0.305. The summed E-state index contributed by atoms with van der Waals surface area (Å²) in [5.41, 5.74) is 2.49. The number of nitrogens with one attached hydrogen (secondary N) is 1. The van der Waals surface area contributed by atoms with Crippen molar-refractivity contribution in [2.75, 3.05) is 0 Å². The summed E-state index contributed by atoms with van der Waals surface area (Å²) in [7, 11) is 0. The molecule has 1 fully saturated rings. The molecule has 0 bridgehead atoms. The molecule has 21 heavy (non-hydrogen) atoms. The topological polar surface area (TPSA) is 80.0 Å². The number of aliphatic hydroxyl groups is 1. The molecule has 110 valence electrons. The molecule has 2 aromatic rings. The van der Waals surface area contributed by atoms with Gasteiger partial charge in [0, 0.05) is 6.04 Å². The van der Waals surface area contributed by atoms with Gasteiger partial charge in [-0.1, -0.05) is 19.1 Å². The first-order valence-corrected chi connectivity index (χ1v) is 7.18. The Kier molecular flexibility index (Phi) is 3.70. The van der Waals surface area contributed by atoms with Gasteiger partial charge in [0.05, 0.1) is 12.3 Å². The number of hydrogen-bond donors (Lipinski definition) is 2. The minimum absolute atomic E-state index is 0.198. The molecule has 6 nitrogen and oxygen atoms in total. The zero-order valence-electron chi connectivity index (χ0n) is 11.9. The van der Waals surface area contributed by atoms with Gasteiger partial charge < -0.3 is 10.4 Å². The molecule has 6 heteroatoms. The van der Waals surface area contributed by atoms with Crippen LogP contribution >= 0.6 is 0 Å². The highest BCUT2D eigenvalue weighted by Crippen LogP contribution is 2.19. The molecule has 0 saturated heterocycles. The maximum Gasteiger partial charge on any atom is 0.274 e. The van der Waals surface area contributed by atoms with Crippen LogP contribution in [0.25, 0.3) is 5.69 Å². The van der Waals surface area contributed by atoms with Crippen molar-refractivity contribution in [3.63, 3.8) is 0 Å². The van der Waals surface area contributed by atoms with Crippen LogP contribution in [0.2, 0.25) is 0 Å². The van der Waals surface area contributed by atoms with Crippen molar-refractivity contribution in [3.05, 3.63) is 41.2 Å². The van der Waals surface area contributed by atoms with Crippen molar-refractivity contribution in [2.45, 2.75) is 38.8 Å². The molecule has 1 amide bonds. The van der Waals surface area contributed by atoms with Crippen LogP contribution in [0, 0.1) is 0 Å². The lowest BCUT2D eigenvalue weighted by atomic mass is 10.2. The molecule has 0 unspecified atom stereocenters. The van der Waals surface area contributed by atoms with Gasteiger partial charge in [0.2, 0.25) is 0 Å². The maximum absolute atomic E-state index is 12.1. The first-order valence-electron chi connectivity index (χ1n) is 7.18. The smallest absolute Gasteiger partial charge is 0.274 e. The van der Waals surface area contributed by atoms with Crippen LogP contribution in [0.3, 0.4) is 0 Å². The van der Waals surface area contributed by atoms with Crippen LogP contribution in [0.1, 0.15) is 41.5 Å². The maximum atomic E-state index is 12.1. The van der Waals surface area contributed by atoms with Gasteiger partial charge in [-0.2, -0.15) is 4.80 Å². The second kappa shape index (κ2) is 5.65. The molecule has 1 aromatic heterocycles. The summed E-state index contributed by atoms with van der Waals surface area (Å²) in [6.07, 6.45) is 2.98. The van der Waals surface area contributed by atoms with Gasteiger partial charge in [-0.25, -0.2) is 0 Å². The molecule has 3 rings (SSSR count). The number of aryl methyl sites for hydroxylation is 1. The van der Waals surface area contributed by atoms with Gasteiger partial charge in [0.25, 0.3) is 5.91 Å². The molecule has 1 aromatic carbocycles. The fraction of sp³-hybridized carbons (Fsp3) is 0.400. The number of amides is 1. The van der Waals surface area contributed by atoms with E-state index in [1.807, 2.05) is 24.3 Å². The van der Waals surface area contributed by atoms with Gasteiger partial charge in [-0.15, -0.1) is 10.2 Å². The zero-order valence-corrected chi connectivity index (χ0v) is 11.9. The van der Waals surface area contributed by atoms with Crippen molar-refractivity contribution in [2.24, 2.45) is 0 Å². The average Bonchev–Trinajstić information content (AvgIpc) is 3.22. The lowest BCUT2D eigenvalue weighted by Gasteiger charge is -2.01. The number of benzene rings is 1. The Hall–Kier alpha value is -2.21. The molecular formula is C15H18N4O2. The molecule has 0 radical (unpaired) electrons. The van der Waals surface area contributed by atoms with E-state index in [9.17, 15) is 9.90 Å². The summed E-state index contributed by atoms with van der Waals surface area (Å²) >= 11 is 0. The molecule has 0 atom stereocenters. The van der Waals surface area contributed by atoms with Crippen LogP contribution in [-0.4, -0.2) is 32.0 Å². The van der Waals surface area contributed by atoms with Gasteiger partial charge in [0.15, 0.2) is 5.69 Å². The first kappa shape index (κ1) is 13.8. The average molecular weight is 286 g/mol. The Morgan fingerprint density at radius 3 is 2.62 bits per heavy atom. The van der Waals surface area contributed by atoms with E-state index < -0.39 is 0 Å². The van der Waals surface area contributed by atoms with Crippen molar-refractivity contribution in [1.29, 1.82) is 0 Å². The first-order chi connectivity index (χ1) is 10.2. The quantitative estimate of drug-likeness (QED) is 0.866. The number of aliphatic hydroxyl groups excluding tert-OH is 1. The van der Waals surface area contributed by atoms with Crippen molar-refractivity contribution in [1.82, 2.24) is 20.3 Å². The van der Waals surface area contributed by atoms with E-state index in [1.165, 1.54) is 10.4 Å². The molecule has 1 aliphatic carbocycles. The Morgan fingerprint density at radius 2 is 2.05 bits per heavy atom. The van der Waals surface area contributed by atoms with Crippen molar-refractivity contribution in [3.8, 4) is 5.69 Å². The highest BCUT2D eigenvalue weighted by Gasteiger charge is 2.27. The summed E-state index contributed by atoms with van der Waals surface area (Å²) in [6.45, 7) is 1.78. The standard InChI is InChI=1S/C15H18N4O2/c1-2-10-3-7-12(8-4-10)19-17-13(9-20)14(18-19)15(21)16-11-5-6-11/h3-4,7-8,11,20H,2,5-6,9H2,1H3,(H,16,21). The van der Waals surface area contributed by atoms with E-state index >= 15 is 0 Å². The summed E-state index contributed by atoms with van der Waals surface area (Å²) in [4.78, 5) is 13.5. The Labute approximate surface area is 122 Å². The van der Waals surface area contributed by atoms with Crippen molar-refractivity contribution >= 4 is 5.91 Å². The molecule has 0 aliphatic heterocycles. The van der Waals surface area contributed by atoms with E-state index in [-0.39, 0.29) is 24.2 Å². The van der Waals surface area contributed by atoms with Gasteiger partial charge in [-0.05, 0) is 37.0 Å².